The SMILES string of the molecule is O=C(NCc1ccco1)c1ccc(F)c2ccccc12. The molecular weight excluding hydrogens is 257 g/mol. The second kappa shape index (κ2) is 5.17. The van der Waals surface area contributed by atoms with E-state index in [4.69, 9.17) is 4.42 Å². The van der Waals surface area contributed by atoms with Crippen molar-refractivity contribution in [1.29, 1.82) is 0 Å². The van der Waals surface area contributed by atoms with Crippen molar-refractivity contribution in [2.24, 2.45) is 0 Å². The maximum Gasteiger partial charge on any atom is 0.252 e. The molecule has 0 aliphatic heterocycles. The molecule has 0 saturated heterocycles. The largest absolute Gasteiger partial charge is 0.467 e. The standard InChI is InChI=1S/C16H12FNO2/c17-15-8-7-14(12-5-1-2-6-13(12)15)16(19)18-10-11-4-3-9-20-11/h1-9H,10H2,(H,18,19). The van der Waals surface area contributed by atoms with Crippen LogP contribution in [-0.4, -0.2) is 5.91 Å². The molecule has 4 heteroatoms. The van der Waals surface area contributed by atoms with Crippen molar-refractivity contribution >= 4 is 16.7 Å². The topological polar surface area (TPSA) is 42.2 Å². The van der Waals surface area contributed by atoms with E-state index in [0.29, 0.717) is 28.6 Å². The van der Waals surface area contributed by atoms with Gasteiger partial charge in [-0.05, 0) is 29.7 Å². The zero-order valence-electron chi connectivity index (χ0n) is 10.6. The molecule has 0 atom stereocenters. The molecule has 0 radical (unpaired) electrons. The highest BCUT2D eigenvalue weighted by atomic mass is 19.1. The van der Waals surface area contributed by atoms with E-state index in [2.05, 4.69) is 5.32 Å². The minimum atomic E-state index is -0.330. The molecule has 0 unspecified atom stereocenters. The lowest BCUT2D eigenvalue weighted by Gasteiger charge is -2.07. The third kappa shape index (κ3) is 2.28. The second-order valence-electron chi connectivity index (χ2n) is 4.40. The van der Waals surface area contributed by atoms with E-state index in [0.717, 1.165) is 0 Å². The van der Waals surface area contributed by atoms with Crippen molar-refractivity contribution in [3.63, 3.8) is 0 Å². The van der Waals surface area contributed by atoms with Gasteiger partial charge in [-0.1, -0.05) is 24.3 Å². The number of fused-ring (bicyclic) bond motifs is 1. The minimum Gasteiger partial charge on any atom is -0.467 e. The van der Waals surface area contributed by atoms with E-state index in [9.17, 15) is 9.18 Å². The summed E-state index contributed by atoms with van der Waals surface area (Å²) in [5.41, 5.74) is 0.452. The van der Waals surface area contributed by atoms with Crippen molar-refractivity contribution in [3.05, 3.63) is 71.9 Å². The molecule has 0 bridgehead atoms. The first-order valence-electron chi connectivity index (χ1n) is 6.23. The number of amides is 1. The Morgan fingerprint density at radius 3 is 2.60 bits per heavy atom. The highest BCUT2D eigenvalue weighted by Gasteiger charge is 2.12. The van der Waals surface area contributed by atoms with E-state index in [1.165, 1.54) is 12.1 Å². The smallest absolute Gasteiger partial charge is 0.252 e. The summed E-state index contributed by atoms with van der Waals surface area (Å²) in [6.45, 7) is 0.303. The Balaban J connectivity index is 1.90. The Morgan fingerprint density at radius 1 is 1.05 bits per heavy atom. The lowest BCUT2D eigenvalue weighted by molar-refractivity contribution is 0.0949. The molecule has 3 nitrogen and oxygen atoms in total. The summed E-state index contributed by atoms with van der Waals surface area (Å²) in [5.74, 6) is 0.0885. The number of carbonyl (C=O) groups excluding carboxylic acids is 1. The van der Waals surface area contributed by atoms with Crippen LogP contribution in [0.5, 0.6) is 0 Å². The van der Waals surface area contributed by atoms with Gasteiger partial charge in [0.2, 0.25) is 0 Å². The molecule has 1 amide bonds. The number of benzene rings is 2. The van der Waals surface area contributed by atoms with Crippen molar-refractivity contribution in [3.8, 4) is 0 Å². The highest BCUT2D eigenvalue weighted by molar-refractivity contribution is 6.07. The van der Waals surface area contributed by atoms with Gasteiger partial charge in [-0.3, -0.25) is 4.79 Å². The molecule has 1 N–H and O–H groups in total. The van der Waals surface area contributed by atoms with Crippen molar-refractivity contribution < 1.29 is 13.6 Å². The normalized spacial score (nSPS) is 10.7. The molecular formula is C16H12FNO2. The van der Waals surface area contributed by atoms with Gasteiger partial charge in [0.05, 0.1) is 12.8 Å². The first kappa shape index (κ1) is 12.4. The molecule has 2 aromatic carbocycles. The van der Waals surface area contributed by atoms with Crippen LogP contribution < -0.4 is 5.32 Å². The average Bonchev–Trinajstić information content (AvgIpc) is 2.99. The van der Waals surface area contributed by atoms with Crippen LogP contribution in [0.15, 0.2) is 59.2 Å². The first-order chi connectivity index (χ1) is 9.75. The van der Waals surface area contributed by atoms with Crippen LogP contribution >= 0.6 is 0 Å². The first-order valence-corrected chi connectivity index (χ1v) is 6.23. The Labute approximate surface area is 115 Å². The molecule has 0 fully saturated rings. The summed E-state index contributed by atoms with van der Waals surface area (Å²) >= 11 is 0. The Morgan fingerprint density at radius 2 is 1.85 bits per heavy atom. The van der Waals surface area contributed by atoms with Crippen molar-refractivity contribution in [2.45, 2.75) is 6.54 Å². The van der Waals surface area contributed by atoms with Gasteiger partial charge in [-0.2, -0.15) is 0 Å². The van der Waals surface area contributed by atoms with Gasteiger partial charge in [0.25, 0.3) is 5.91 Å². The maximum absolute atomic E-state index is 13.7. The monoisotopic (exact) mass is 269 g/mol. The van der Waals surface area contributed by atoms with Crippen LogP contribution in [0.2, 0.25) is 0 Å². The van der Waals surface area contributed by atoms with E-state index < -0.39 is 0 Å². The molecule has 0 saturated carbocycles. The fraction of sp³-hybridized carbons (Fsp3) is 0.0625. The zero-order valence-corrected chi connectivity index (χ0v) is 10.6. The third-order valence-corrected chi connectivity index (χ3v) is 3.12. The number of carbonyl (C=O) groups is 1. The second-order valence-corrected chi connectivity index (χ2v) is 4.40. The quantitative estimate of drug-likeness (QED) is 0.790. The zero-order chi connectivity index (χ0) is 13.9. The molecule has 100 valence electrons. The van der Waals surface area contributed by atoms with E-state index >= 15 is 0 Å². The Hall–Kier alpha value is -2.62. The molecule has 20 heavy (non-hydrogen) atoms. The summed E-state index contributed by atoms with van der Waals surface area (Å²) in [7, 11) is 0. The van der Waals surface area contributed by atoms with Crippen molar-refractivity contribution in [1.82, 2.24) is 5.32 Å². The highest BCUT2D eigenvalue weighted by Crippen LogP contribution is 2.21. The number of nitrogens with one attached hydrogen (secondary N) is 1. The summed E-state index contributed by atoms with van der Waals surface area (Å²) in [6.07, 6.45) is 1.55. The molecule has 0 aliphatic rings. The predicted octanol–water partition coefficient (Wildman–Crippen LogP) is 3.50. The fourth-order valence-electron chi connectivity index (χ4n) is 2.14. The number of rotatable bonds is 3. The van der Waals surface area contributed by atoms with E-state index in [-0.39, 0.29) is 11.7 Å². The van der Waals surface area contributed by atoms with Gasteiger partial charge in [0.1, 0.15) is 11.6 Å². The van der Waals surface area contributed by atoms with Crippen molar-refractivity contribution in [2.75, 3.05) is 0 Å². The fourth-order valence-corrected chi connectivity index (χ4v) is 2.14. The van der Waals surface area contributed by atoms with Crippen LogP contribution in [-0.2, 0) is 6.54 Å². The number of hydrogen-bond acceptors (Lipinski definition) is 2. The minimum absolute atomic E-state index is 0.252. The molecule has 3 aromatic rings. The Bertz CT molecular complexity index is 750. The van der Waals surface area contributed by atoms with Gasteiger partial charge in [0, 0.05) is 10.9 Å². The summed E-state index contributed by atoms with van der Waals surface area (Å²) in [6, 6.07) is 13.3. The lowest BCUT2D eigenvalue weighted by atomic mass is 10.0. The lowest BCUT2D eigenvalue weighted by Crippen LogP contribution is -2.22. The van der Waals surface area contributed by atoms with E-state index in [1.54, 1.807) is 42.7 Å². The molecule has 1 heterocycles. The van der Waals surface area contributed by atoms with Gasteiger partial charge in [0.15, 0.2) is 0 Å². The Kier molecular flexibility index (Phi) is 3.21. The molecule has 0 spiro atoms. The van der Waals surface area contributed by atoms with Crippen LogP contribution in [0.4, 0.5) is 4.39 Å². The van der Waals surface area contributed by atoms with Crippen LogP contribution in [0, 0.1) is 5.82 Å². The molecule has 1 aromatic heterocycles. The van der Waals surface area contributed by atoms with Crippen LogP contribution in [0.25, 0.3) is 10.8 Å². The number of furan rings is 1. The van der Waals surface area contributed by atoms with Gasteiger partial charge in [-0.25, -0.2) is 4.39 Å². The van der Waals surface area contributed by atoms with Crippen LogP contribution in [0.3, 0.4) is 0 Å². The summed E-state index contributed by atoms with van der Waals surface area (Å²) < 4.78 is 18.8. The van der Waals surface area contributed by atoms with E-state index in [1.807, 2.05) is 0 Å². The number of halogens is 1. The maximum atomic E-state index is 13.7. The van der Waals surface area contributed by atoms with Crippen LogP contribution in [0.1, 0.15) is 16.1 Å². The van der Waals surface area contributed by atoms with Gasteiger partial charge in [-0.15, -0.1) is 0 Å². The molecule has 3 rings (SSSR count). The molecule has 0 aliphatic carbocycles. The van der Waals surface area contributed by atoms with Gasteiger partial charge >= 0.3 is 0 Å². The number of hydrogen-bond donors (Lipinski definition) is 1. The third-order valence-electron chi connectivity index (χ3n) is 3.12. The average molecular weight is 269 g/mol. The summed E-state index contributed by atoms with van der Waals surface area (Å²) in [5, 5.41) is 3.80. The van der Waals surface area contributed by atoms with Gasteiger partial charge < -0.3 is 9.73 Å². The summed E-state index contributed by atoms with van der Waals surface area (Å²) in [4.78, 5) is 12.2. The predicted molar refractivity (Wildman–Crippen MR) is 73.8 cm³/mol.